The van der Waals surface area contributed by atoms with Crippen LogP contribution in [0.2, 0.25) is 0 Å². The van der Waals surface area contributed by atoms with Crippen LogP contribution in [0.5, 0.6) is 5.75 Å². The molecule has 2 rings (SSSR count). The van der Waals surface area contributed by atoms with Gasteiger partial charge in [-0.15, -0.1) is 5.10 Å². The van der Waals surface area contributed by atoms with Crippen LogP contribution in [-0.2, 0) is 27.9 Å². The summed E-state index contributed by atoms with van der Waals surface area (Å²) in [5.74, 6) is -0.144. The largest absolute Gasteiger partial charge is 0.495 e. The number of carbonyl (C=O) groups excluding carboxylic acids is 1. The molecule has 0 saturated heterocycles. The van der Waals surface area contributed by atoms with E-state index in [-0.39, 0.29) is 22.8 Å². The summed E-state index contributed by atoms with van der Waals surface area (Å²) in [6, 6.07) is 4.09. The first-order chi connectivity index (χ1) is 13.6. The molecule has 0 amide bonds. The van der Waals surface area contributed by atoms with E-state index in [4.69, 9.17) is 9.47 Å². The summed E-state index contributed by atoms with van der Waals surface area (Å²) in [5, 5.41) is 11.3. The number of hydrogen-bond donors (Lipinski definition) is 1. The van der Waals surface area contributed by atoms with E-state index in [0.717, 1.165) is 12.8 Å². The number of esters is 1. The normalized spacial score (nSPS) is 12.0. The molecule has 0 aliphatic heterocycles. The van der Waals surface area contributed by atoms with Crippen molar-refractivity contribution in [3.05, 3.63) is 29.6 Å². The minimum absolute atomic E-state index is 0.0765. The van der Waals surface area contributed by atoms with Crippen molar-refractivity contribution in [3.63, 3.8) is 0 Å². The Hall–Kier alpha value is -2.53. The lowest BCUT2D eigenvalue weighted by atomic mass is 10.1. The fourth-order valence-corrected chi connectivity index (χ4v) is 4.11. The van der Waals surface area contributed by atoms with Crippen molar-refractivity contribution in [2.75, 3.05) is 7.11 Å². The summed E-state index contributed by atoms with van der Waals surface area (Å²) in [6.45, 7) is 7.71. The number of hydrogen-bond acceptors (Lipinski definition) is 8. The van der Waals surface area contributed by atoms with Crippen molar-refractivity contribution in [1.29, 1.82) is 0 Å². The topological polar surface area (TPSA) is 125 Å². The number of aryl methyl sites for hydroxylation is 1. The van der Waals surface area contributed by atoms with Crippen LogP contribution in [0.25, 0.3) is 0 Å². The first-order valence-corrected chi connectivity index (χ1v) is 10.7. The highest BCUT2D eigenvalue weighted by molar-refractivity contribution is 7.89. The van der Waals surface area contributed by atoms with Gasteiger partial charge in [-0.3, -0.25) is 0 Å². The van der Waals surface area contributed by atoms with E-state index >= 15 is 0 Å². The fourth-order valence-electron chi connectivity index (χ4n) is 2.49. The molecular formula is C18H27N5O5S. The Bertz CT molecular complexity index is 950. The van der Waals surface area contributed by atoms with E-state index in [1.54, 1.807) is 25.5 Å². The van der Waals surface area contributed by atoms with E-state index in [0.29, 0.717) is 12.4 Å². The molecule has 0 spiro atoms. The number of nitrogens with one attached hydrogen (secondary N) is 1. The maximum absolute atomic E-state index is 12.7. The molecular weight excluding hydrogens is 398 g/mol. The number of tetrazole rings is 1. The number of methoxy groups -OCH3 is 1. The third-order valence-corrected chi connectivity index (χ3v) is 5.57. The van der Waals surface area contributed by atoms with Crippen LogP contribution in [0.4, 0.5) is 0 Å². The Kier molecular flexibility index (Phi) is 7.31. The van der Waals surface area contributed by atoms with Crippen molar-refractivity contribution >= 4 is 16.0 Å². The molecule has 1 aromatic carbocycles. The number of carbonyl (C=O) groups is 1. The highest BCUT2D eigenvalue weighted by atomic mass is 32.2. The zero-order valence-corrected chi connectivity index (χ0v) is 18.1. The second-order valence-electron chi connectivity index (χ2n) is 7.47. The molecule has 29 heavy (non-hydrogen) atoms. The number of rotatable bonds is 9. The van der Waals surface area contributed by atoms with E-state index in [2.05, 4.69) is 20.2 Å². The van der Waals surface area contributed by atoms with Crippen molar-refractivity contribution in [2.24, 2.45) is 0 Å². The zero-order chi connectivity index (χ0) is 21.7. The molecule has 0 bridgehead atoms. The first kappa shape index (κ1) is 22.8. The lowest BCUT2D eigenvalue weighted by molar-refractivity contribution is 0.0456. The average molecular weight is 426 g/mol. The van der Waals surface area contributed by atoms with Gasteiger partial charge < -0.3 is 9.47 Å². The molecule has 11 heteroatoms. The van der Waals surface area contributed by atoms with Gasteiger partial charge in [-0.25, -0.2) is 22.6 Å². The Morgan fingerprint density at radius 1 is 1.28 bits per heavy atom. The van der Waals surface area contributed by atoms with E-state index in [1.165, 1.54) is 25.3 Å². The predicted octanol–water partition coefficient (Wildman–Crippen LogP) is 1.92. The van der Waals surface area contributed by atoms with Crippen LogP contribution >= 0.6 is 0 Å². The summed E-state index contributed by atoms with van der Waals surface area (Å²) >= 11 is 0. The molecule has 2 aromatic rings. The zero-order valence-electron chi connectivity index (χ0n) is 17.3. The second-order valence-corrected chi connectivity index (χ2v) is 9.12. The first-order valence-electron chi connectivity index (χ1n) is 9.21. The van der Waals surface area contributed by atoms with E-state index < -0.39 is 21.5 Å². The van der Waals surface area contributed by atoms with Crippen LogP contribution in [-0.4, -0.2) is 47.2 Å². The lowest BCUT2D eigenvalue weighted by Gasteiger charge is -2.21. The maximum Gasteiger partial charge on any atom is 0.338 e. The highest BCUT2D eigenvalue weighted by Gasteiger charge is 2.26. The minimum atomic E-state index is -3.91. The van der Waals surface area contributed by atoms with Crippen LogP contribution in [0.15, 0.2) is 23.1 Å². The van der Waals surface area contributed by atoms with E-state index in [9.17, 15) is 13.2 Å². The maximum atomic E-state index is 12.7. The lowest BCUT2D eigenvalue weighted by Crippen LogP contribution is -2.40. The SMILES string of the molecule is CCCCn1nnnc1COC(=O)c1ccc(OC)c(S(=O)(=O)NC(C)(C)C)c1. The van der Waals surface area contributed by atoms with Gasteiger partial charge in [0.25, 0.3) is 0 Å². The van der Waals surface area contributed by atoms with Gasteiger partial charge in [-0.1, -0.05) is 13.3 Å². The third kappa shape index (κ3) is 6.23. The molecule has 0 fully saturated rings. The van der Waals surface area contributed by atoms with Gasteiger partial charge >= 0.3 is 5.97 Å². The summed E-state index contributed by atoms with van der Waals surface area (Å²) in [5.41, 5.74) is -0.622. The van der Waals surface area contributed by atoms with Crippen molar-refractivity contribution in [3.8, 4) is 5.75 Å². The Labute approximate surface area is 170 Å². The predicted molar refractivity (Wildman–Crippen MR) is 105 cm³/mol. The number of sulfonamides is 1. The molecule has 10 nitrogen and oxygen atoms in total. The fraction of sp³-hybridized carbons (Fsp3) is 0.556. The van der Waals surface area contributed by atoms with Crippen molar-refractivity contribution in [1.82, 2.24) is 24.9 Å². The Morgan fingerprint density at radius 2 is 2.00 bits per heavy atom. The Balaban J connectivity index is 2.20. The van der Waals surface area contributed by atoms with Gasteiger partial charge in [-0.2, -0.15) is 0 Å². The quantitative estimate of drug-likeness (QED) is 0.604. The molecule has 0 aliphatic rings. The van der Waals surface area contributed by atoms with Crippen LogP contribution in [0.3, 0.4) is 0 Å². The minimum Gasteiger partial charge on any atom is -0.495 e. The number of ether oxygens (including phenoxy) is 2. The van der Waals surface area contributed by atoms with Gasteiger partial charge in [0.2, 0.25) is 10.0 Å². The molecule has 1 aromatic heterocycles. The van der Waals surface area contributed by atoms with Crippen LogP contribution in [0.1, 0.15) is 56.7 Å². The molecule has 0 saturated carbocycles. The summed E-state index contributed by atoms with van der Waals surface area (Å²) < 4.78 is 40.0. The molecule has 0 aliphatic carbocycles. The number of benzene rings is 1. The summed E-state index contributed by atoms with van der Waals surface area (Å²) in [7, 11) is -2.55. The smallest absolute Gasteiger partial charge is 0.338 e. The molecule has 0 atom stereocenters. The standard InChI is InChI=1S/C18H27N5O5S/c1-6-7-10-23-16(19-21-22-23)12-28-17(24)13-8-9-14(27-5)15(11-13)29(25,26)20-18(2,3)4/h8-9,11,20H,6-7,10,12H2,1-5H3. The summed E-state index contributed by atoms with van der Waals surface area (Å²) in [6.07, 6.45) is 1.87. The van der Waals surface area contributed by atoms with Gasteiger partial charge in [0, 0.05) is 12.1 Å². The van der Waals surface area contributed by atoms with Gasteiger partial charge in [-0.05, 0) is 55.8 Å². The highest BCUT2D eigenvalue weighted by Crippen LogP contribution is 2.26. The Morgan fingerprint density at radius 3 is 2.62 bits per heavy atom. The molecule has 0 unspecified atom stereocenters. The van der Waals surface area contributed by atoms with Crippen LogP contribution < -0.4 is 9.46 Å². The van der Waals surface area contributed by atoms with Gasteiger partial charge in [0.05, 0.1) is 12.7 Å². The second kappa shape index (κ2) is 9.31. The van der Waals surface area contributed by atoms with Crippen molar-refractivity contribution in [2.45, 2.75) is 64.1 Å². The molecule has 160 valence electrons. The monoisotopic (exact) mass is 425 g/mol. The van der Waals surface area contributed by atoms with E-state index in [1.807, 2.05) is 6.92 Å². The average Bonchev–Trinajstić information content (AvgIpc) is 3.09. The number of aromatic nitrogens is 4. The van der Waals surface area contributed by atoms with Gasteiger partial charge in [0.15, 0.2) is 12.4 Å². The van der Waals surface area contributed by atoms with Gasteiger partial charge in [0.1, 0.15) is 10.6 Å². The molecule has 1 N–H and O–H groups in total. The van der Waals surface area contributed by atoms with Crippen LogP contribution in [0, 0.1) is 0 Å². The molecule has 1 heterocycles. The summed E-state index contributed by atoms with van der Waals surface area (Å²) in [4.78, 5) is 12.3. The third-order valence-electron chi connectivity index (χ3n) is 3.79. The number of nitrogens with zero attached hydrogens (tertiary/aromatic N) is 4. The molecule has 0 radical (unpaired) electrons. The van der Waals surface area contributed by atoms with Crippen molar-refractivity contribution < 1.29 is 22.7 Å². The number of unbranched alkanes of at least 4 members (excludes halogenated alkanes) is 1.